The minimum atomic E-state index is 0.188. The molecule has 0 bridgehead atoms. The summed E-state index contributed by atoms with van der Waals surface area (Å²) in [5, 5.41) is 16.1. The molecule has 13 heavy (non-hydrogen) atoms. The number of nitrogens with one attached hydrogen (secondary N) is 1. The number of morpholine rings is 1. The molecule has 0 spiro atoms. The molecule has 0 saturated carbocycles. The number of hydrogen-bond donors (Lipinski definition) is 2. The quantitative estimate of drug-likeness (QED) is 0.599. The Kier molecular flexibility index (Phi) is 4.97. The van der Waals surface area contributed by atoms with E-state index in [-0.39, 0.29) is 12.6 Å². The van der Waals surface area contributed by atoms with Gasteiger partial charge in [-0.05, 0) is 19.1 Å². The van der Waals surface area contributed by atoms with Crippen molar-refractivity contribution in [3.63, 3.8) is 0 Å². The third-order valence-electron chi connectivity index (χ3n) is 2.42. The van der Waals surface area contributed by atoms with Crippen LogP contribution in [0.1, 0.15) is 12.8 Å². The van der Waals surface area contributed by atoms with E-state index < -0.39 is 0 Å². The van der Waals surface area contributed by atoms with Gasteiger partial charge in [0.1, 0.15) is 0 Å². The minimum absolute atomic E-state index is 0.188. The van der Waals surface area contributed by atoms with Gasteiger partial charge in [0.2, 0.25) is 0 Å². The molecule has 0 aromatic rings. The number of ether oxygens (including phenoxy) is 1. The van der Waals surface area contributed by atoms with E-state index in [1.807, 2.05) is 0 Å². The molecule has 2 N–H and O–H groups in total. The SMILES string of the molecule is N=CCC[C@H](CO)N1CCOCC1. The summed E-state index contributed by atoms with van der Waals surface area (Å²) in [6.45, 7) is 3.53. The van der Waals surface area contributed by atoms with Crippen LogP contribution < -0.4 is 0 Å². The lowest BCUT2D eigenvalue weighted by atomic mass is 10.1. The Morgan fingerprint density at radius 3 is 2.69 bits per heavy atom. The first-order valence-electron chi connectivity index (χ1n) is 4.80. The fraction of sp³-hybridized carbons (Fsp3) is 0.889. The van der Waals surface area contributed by atoms with Crippen LogP contribution >= 0.6 is 0 Å². The van der Waals surface area contributed by atoms with Gasteiger partial charge in [0.05, 0.1) is 19.8 Å². The van der Waals surface area contributed by atoms with E-state index in [4.69, 9.17) is 15.3 Å². The standard InChI is InChI=1S/C9H18N2O2/c10-3-1-2-9(8-12)11-4-6-13-7-5-11/h3,9-10,12H,1-2,4-8H2/t9-/m1/s1. The maximum Gasteiger partial charge on any atom is 0.0594 e. The highest BCUT2D eigenvalue weighted by Crippen LogP contribution is 2.08. The maximum atomic E-state index is 9.15. The molecule has 4 heteroatoms. The highest BCUT2D eigenvalue weighted by Gasteiger charge is 2.19. The van der Waals surface area contributed by atoms with E-state index in [0.29, 0.717) is 0 Å². The first-order chi connectivity index (χ1) is 6.38. The van der Waals surface area contributed by atoms with Gasteiger partial charge in [0, 0.05) is 19.1 Å². The van der Waals surface area contributed by atoms with Crippen molar-refractivity contribution >= 4 is 6.21 Å². The molecule has 0 aromatic heterocycles. The Morgan fingerprint density at radius 2 is 2.15 bits per heavy atom. The van der Waals surface area contributed by atoms with Crippen molar-refractivity contribution in [1.29, 1.82) is 5.41 Å². The van der Waals surface area contributed by atoms with Gasteiger partial charge >= 0.3 is 0 Å². The lowest BCUT2D eigenvalue weighted by Gasteiger charge is -2.33. The van der Waals surface area contributed by atoms with E-state index in [2.05, 4.69) is 4.90 Å². The molecule has 0 amide bonds. The number of hydrogen-bond acceptors (Lipinski definition) is 4. The Balaban J connectivity index is 2.29. The highest BCUT2D eigenvalue weighted by molar-refractivity contribution is 5.52. The number of aliphatic hydroxyl groups excluding tert-OH is 1. The van der Waals surface area contributed by atoms with E-state index in [9.17, 15) is 0 Å². The second kappa shape index (κ2) is 6.07. The van der Waals surface area contributed by atoms with Gasteiger partial charge in [0.25, 0.3) is 0 Å². The van der Waals surface area contributed by atoms with Gasteiger partial charge < -0.3 is 15.3 Å². The Bertz CT molecular complexity index is 147. The average molecular weight is 186 g/mol. The van der Waals surface area contributed by atoms with Crippen molar-refractivity contribution in [2.75, 3.05) is 32.9 Å². The van der Waals surface area contributed by atoms with Gasteiger partial charge in [-0.1, -0.05) is 0 Å². The molecule has 0 aliphatic carbocycles. The van der Waals surface area contributed by atoms with Gasteiger partial charge in [0.15, 0.2) is 0 Å². The molecule has 1 atom stereocenters. The average Bonchev–Trinajstić information content (AvgIpc) is 2.21. The third-order valence-corrected chi connectivity index (χ3v) is 2.42. The van der Waals surface area contributed by atoms with Crippen LogP contribution in [0.15, 0.2) is 0 Å². The molecular formula is C9H18N2O2. The van der Waals surface area contributed by atoms with Crippen molar-refractivity contribution in [2.45, 2.75) is 18.9 Å². The third kappa shape index (κ3) is 3.42. The van der Waals surface area contributed by atoms with Gasteiger partial charge in [-0.2, -0.15) is 0 Å². The van der Waals surface area contributed by atoms with Crippen LogP contribution in [-0.4, -0.2) is 55.2 Å². The van der Waals surface area contributed by atoms with E-state index in [1.165, 1.54) is 6.21 Å². The second-order valence-corrected chi connectivity index (χ2v) is 3.27. The van der Waals surface area contributed by atoms with Crippen molar-refractivity contribution in [2.24, 2.45) is 0 Å². The first kappa shape index (κ1) is 10.6. The number of nitrogens with zero attached hydrogens (tertiary/aromatic N) is 1. The summed E-state index contributed by atoms with van der Waals surface area (Å²) in [5.74, 6) is 0. The van der Waals surface area contributed by atoms with Crippen LogP contribution in [0.25, 0.3) is 0 Å². The fourth-order valence-corrected chi connectivity index (χ4v) is 1.61. The molecule has 0 unspecified atom stereocenters. The van der Waals surface area contributed by atoms with Crippen LogP contribution in [0.2, 0.25) is 0 Å². The zero-order chi connectivity index (χ0) is 9.52. The highest BCUT2D eigenvalue weighted by atomic mass is 16.5. The predicted octanol–water partition coefficient (Wildman–Crippen LogP) is 0.109. The second-order valence-electron chi connectivity index (χ2n) is 3.27. The van der Waals surface area contributed by atoms with Gasteiger partial charge in [-0.25, -0.2) is 0 Å². The monoisotopic (exact) mass is 186 g/mol. The number of rotatable bonds is 5. The lowest BCUT2D eigenvalue weighted by Crippen LogP contribution is -2.45. The zero-order valence-electron chi connectivity index (χ0n) is 7.91. The smallest absolute Gasteiger partial charge is 0.0594 e. The van der Waals surface area contributed by atoms with Crippen LogP contribution in [0, 0.1) is 5.41 Å². The molecule has 1 heterocycles. The normalized spacial score (nSPS) is 21.3. The van der Waals surface area contributed by atoms with E-state index in [1.54, 1.807) is 0 Å². The van der Waals surface area contributed by atoms with Gasteiger partial charge in [-0.3, -0.25) is 4.90 Å². The first-order valence-corrected chi connectivity index (χ1v) is 4.80. The topological polar surface area (TPSA) is 56.5 Å². The molecule has 1 saturated heterocycles. The van der Waals surface area contributed by atoms with Crippen LogP contribution in [0.3, 0.4) is 0 Å². The molecule has 1 fully saturated rings. The summed E-state index contributed by atoms with van der Waals surface area (Å²) in [5.41, 5.74) is 0. The lowest BCUT2D eigenvalue weighted by molar-refractivity contribution is 0.00176. The minimum Gasteiger partial charge on any atom is -0.395 e. The summed E-state index contributed by atoms with van der Waals surface area (Å²) < 4.78 is 5.23. The van der Waals surface area contributed by atoms with Crippen molar-refractivity contribution in [1.82, 2.24) is 4.90 Å². The summed E-state index contributed by atoms with van der Waals surface area (Å²) >= 11 is 0. The maximum absolute atomic E-state index is 9.15. The van der Waals surface area contributed by atoms with Crippen LogP contribution in [0.4, 0.5) is 0 Å². The molecular weight excluding hydrogens is 168 g/mol. The van der Waals surface area contributed by atoms with Crippen molar-refractivity contribution in [3.05, 3.63) is 0 Å². The Hall–Kier alpha value is -0.450. The van der Waals surface area contributed by atoms with Crippen LogP contribution in [0.5, 0.6) is 0 Å². The summed E-state index contributed by atoms with van der Waals surface area (Å²) in [6.07, 6.45) is 3.03. The van der Waals surface area contributed by atoms with Crippen molar-refractivity contribution in [3.8, 4) is 0 Å². The van der Waals surface area contributed by atoms with Crippen LogP contribution in [-0.2, 0) is 4.74 Å². The molecule has 0 radical (unpaired) electrons. The summed E-state index contributed by atoms with van der Waals surface area (Å²) in [7, 11) is 0. The molecule has 76 valence electrons. The zero-order valence-corrected chi connectivity index (χ0v) is 7.91. The largest absolute Gasteiger partial charge is 0.395 e. The molecule has 4 nitrogen and oxygen atoms in total. The Labute approximate surface area is 79.0 Å². The predicted molar refractivity (Wildman–Crippen MR) is 51.3 cm³/mol. The van der Waals surface area contributed by atoms with E-state index in [0.717, 1.165) is 39.1 Å². The van der Waals surface area contributed by atoms with Gasteiger partial charge in [-0.15, -0.1) is 0 Å². The summed E-state index contributed by atoms with van der Waals surface area (Å²) in [4.78, 5) is 2.24. The molecule has 1 aliphatic heterocycles. The number of aliphatic hydroxyl groups is 1. The Morgan fingerprint density at radius 1 is 1.46 bits per heavy atom. The fourth-order valence-electron chi connectivity index (χ4n) is 1.61. The molecule has 1 aliphatic rings. The van der Waals surface area contributed by atoms with E-state index >= 15 is 0 Å². The van der Waals surface area contributed by atoms with Crippen molar-refractivity contribution < 1.29 is 9.84 Å². The molecule has 0 aromatic carbocycles. The molecule has 1 rings (SSSR count). The summed E-state index contributed by atoms with van der Waals surface area (Å²) in [6, 6.07) is 0.213.